The van der Waals surface area contributed by atoms with Gasteiger partial charge in [-0.2, -0.15) is 13.2 Å². The van der Waals surface area contributed by atoms with Crippen molar-refractivity contribution in [1.82, 2.24) is 9.88 Å². The van der Waals surface area contributed by atoms with E-state index in [1.165, 1.54) is 18.2 Å². The number of nitrogens with one attached hydrogen (secondary N) is 1. The van der Waals surface area contributed by atoms with Crippen LogP contribution in [-0.2, 0) is 6.18 Å². The van der Waals surface area contributed by atoms with E-state index >= 15 is 0 Å². The van der Waals surface area contributed by atoms with Gasteiger partial charge < -0.3 is 10.5 Å². The van der Waals surface area contributed by atoms with Crippen molar-refractivity contribution in [3.05, 3.63) is 78.6 Å². The number of alkyl halides is 3. The first-order valence-electron chi connectivity index (χ1n) is 8.83. The van der Waals surface area contributed by atoms with Crippen LogP contribution in [0, 0.1) is 15.2 Å². The summed E-state index contributed by atoms with van der Waals surface area (Å²) in [6.07, 6.45) is -4.99. The lowest BCUT2D eigenvalue weighted by molar-refractivity contribution is -0.138. The van der Waals surface area contributed by atoms with E-state index in [9.17, 15) is 36.3 Å². The molecule has 2 aromatic carbocycles. The highest BCUT2D eigenvalue weighted by Crippen LogP contribution is 2.38. The highest BCUT2D eigenvalue weighted by molar-refractivity contribution is 14.1. The number of aromatic nitrogens is 1. The van der Waals surface area contributed by atoms with Crippen molar-refractivity contribution < 1.29 is 36.3 Å². The first-order chi connectivity index (χ1) is 15.4. The standard InChI is InChI=1S/C20H9F5IN3O4/c21-10-3-7(20(23,24)25)4-11(22)16(10)33-13-5-8(26)1-2-12(13)29-14(30)6-9-15(17(29)27)19(32)28-18(9)31/h1-6H,27H2,(H,28,31,32). The summed E-state index contributed by atoms with van der Waals surface area (Å²) in [6.45, 7) is 0. The van der Waals surface area contributed by atoms with Gasteiger partial charge in [-0.25, -0.2) is 8.78 Å². The van der Waals surface area contributed by atoms with E-state index in [-0.39, 0.29) is 34.7 Å². The van der Waals surface area contributed by atoms with Crippen molar-refractivity contribution in [1.29, 1.82) is 0 Å². The number of amides is 2. The van der Waals surface area contributed by atoms with Crippen molar-refractivity contribution in [3.63, 3.8) is 0 Å². The molecule has 2 heterocycles. The summed E-state index contributed by atoms with van der Waals surface area (Å²) in [5, 5.41) is 1.99. The van der Waals surface area contributed by atoms with E-state index < -0.39 is 52.3 Å². The third kappa shape index (κ3) is 3.92. The number of pyridine rings is 1. The molecule has 33 heavy (non-hydrogen) atoms. The van der Waals surface area contributed by atoms with Gasteiger partial charge in [0, 0.05) is 9.64 Å². The number of ether oxygens (including phenoxy) is 1. The van der Waals surface area contributed by atoms with Crippen LogP contribution >= 0.6 is 22.6 Å². The second kappa shape index (κ2) is 7.83. The number of nitrogens with two attached hydrogens (primary N) is 1. The van der Waals surface area contributed by atoms with Gasteiger partial charge >= 0.3 is 6.18 Å². The number of hydrogen-bond donors (Lipinski definition) is 2. The van der Waals surface area contributed by atoms with E-state index in [0.717, 1.165) is 10.6 Å². The molecule has 13 heteroatoms. The molecule has 4 rings (SSSR count). The van der Waals surface area contributed by atoms with Crippen LogP contribution in [0.2, 0.25) is 0 Å². The molecule has 3 aromatic rings. The maximum atomic E-state index is 14.3. The average Bonchev–Trinajstić information content (AvgIpc) is 2.98. The zero-order chi connectivity index (χ0) is 24.2. The molecule has 0 unspecified atom stereocenters. The number of fused-ring (bicyclic) bond motifs is 1. The monoisotopic (exact) mass is 577 g/mol. The molecule has 0 aliphatic carbocycles. The van der Waals surface area contributed by atoms with Crippen molar-refractivity contribution >= 4 is 40.2 Å². The second-order valence-electron chi connectivity index (χ2n) is 6.76. The van der Waals surface area contributed by atoms with Gasteiger partial charge in [0.25, 0.3) is 17.4 Å². The quantitative estimate of drug-likeness (QED) is 0.279. The van der Waals surface area contributed by atoms with Gasteiger partial charge in [0.15, 0.2) is 23.1 Å². The van der Waals surface area contributed by atoms with Crippen LogP contribution in [0.15, 0.2) is 41.2 Å². The van der Waals surface area contributed by atoms with Gasteiger partial charge in [-0.1, -0.05) is 0 Å². The minimum Gasteiger partial charge on any atom is -0.449 e. The normalized spacial score (nSPS) is 13.2. The molecule has 0 saturated heterocycles. The predicted octanol–water partition coefficient (Wildman–Crippen LogP) is 4.00. The molecule has 3 N–H and O–H groups in total. The zero-order valence-electron chi connectivity index (χ0n) is 15.9. The van der Waals surface area contributed by atoms with E-state index in [0.29, 0.717) is 3.57 Å². The van der Waals surface area contributed by atoms with Crippen LogP contribution in [0.1, 0.15) is 26.3 Å². The third-order valence-corrected chi connectivity index (χ3v) is 5.32. The molecule has 2 amide bonds. The van der Waals surface area contributed by atoms with Gasteiger partial charge in [0.2, 0.25) is 0 Å². The Kier molecular flexibility index (Phi) is 5.38. The van der Waals surface area contributed by atoms with E-state index in [4.69, 9.17) is 10.5 Å². The summed E-state index contributed by atoms with van der Waals surface area (Å²) >= 11 is 1.83. The lowest BCUT2D eigenvalue weighted by Gasteiger charge is -2.17. The van der Waals surface area contributed by atoms with Crippen LogP contribution in [-0.4, -0.2) is 16.4 Å². The highest BCUT2D eigenvalue weighted by atomic mass is 127. The van der Waals surface area contributed by atoms with Crippen molar-refractivity contribution in [3.8, 4) is 17.2 Å². The summed E-state index contributed by atoms with van der Waals surface area (Å²) < 4.78 is 73.6. The topological polar surface area (TPSA) is 103 Å². The number of nitrogen functional groups attached to an aromatic ring is 1. The molecule has 0 spiro atoms. The number of nitrogens with zero attached hydrogens (tertiary/aromatic N) is 1. The lowest BCUT2D eigenvalue weighted by atomic mass is 10.1. The fourth-order valence-electron chi connectivity index (χ4n) is 3.21. The molecule has 0 atom stereocenters. The maximum Gasteiger partial charge on any atom is 0.416 e. The van der Waals surface area contributed by atoms with E-state index in [1.54, 1.807) is 0 Å². The molecular weight excluding hydrogens is 568 g/mol. The third-order valence-electron chi connectivity index (χ3n) is 4.65. The Hall–Kier alpha value is -3.49. The molecule has 170 valence electrons. The summed E-state index contributed by atoms with van der Waals surface area (Å²) in [7, 11) is 0. The Balaban J connectivity index is 1.89. The molecule has 0 bridgehead atoms. The number of rotatable bonds is 3. The largest absolute Gasteiger partial charge is 0.449 e. The summed E-state index contributed by atoms with van der Waals surface area (Å²) in [5.74, 6) is -6.88. The first kappa shape index (κ1) is 22.7. The Labute approximate surface area is 194 Å². The fraction of sp³-hybridized carbons (Fsp3) is 0.0500. The SMILES string of the molecule is Nc1c2c(cc(=O)n1-c1ccc(I)cc1Oc1c(F)cc(C(F)(F)F)cc1F)C(=O)NC2=O. The van der Waals surface area contributed by atoms with Gasteiger partial charge in [-0.3, -0.25) is 24.3 Å². The van der Waals surface area contributed by atoms with Crippen LogP contribution in [0.5, 0.6) is 11.5 Å². The molecule has 0 fully saturated rings. The van der Waals surface area contributed by atoms with Crippen LogP contribution in [0.25, 0.3) is 5.69 Å². The summed E-state index contributed by atoms with van der Waals surface area (Å²) in [4.78, 5) is 36.6. The Morgan fingerprint density at radius 1 is 0.970 bits per heavy atom. The molecule has 1 aliphatic heterocycles. The number of benzene rings is 2. The molecule has 0 radical (unpaired) electrons. The number of imide groups is 1. The van der Waals surface area contributed by atoms with Crippen LogP contribution in [0.3, 0.4) is 0 Å². The zero-order valence-corrected chi connectivity index (χ0v) is 18.0. The number of anilines is 1. The fourth-order valence-corrected chi connectivity index (χ4v) is 3.68. The Bertz CT molecular complexity index is 1400. The molecule has 0 saturated carbocycles. The van der Waals surface area contributed by atoms with Crippen molar-refractivity contribution in [2.45, 2.75) is 6.18 Å². The highest BCUT2D eigenvalue weighted by Gasteiger charge is 2.34. The minimum atomic E-state index is -4.99. The lowest BCUT2D eigenvalue weighted by Crippen LogP contribution is -2.24. The summed E-state index contributed by atoms with van der Waals surface area (Å²) in [5.41, 5.74) is 2.85. The summed E-state index contributed by atoms with van der Waals surface area (Å²) in [6, 6.07) is 5.00. The Morgan fingerprint density at radius 2 is 1.61 bits per heavy atom. The smallest absolute Gasteiger partial charge is 0.416 e. The molecule has 1 aliphatic rings. The number of hydrogen-bond acceptors (Lipinski definition) is 5. The van der Waals surface area contributed by atoms with Crippen LogP contribution in [0.4, 0.5) is 27.8 Å². The van der Waals surface area contributed by atoms with Gasteiger partial charge in [0.05, 0.1) is 22.4 Å². The molecule has 1 aromatic heterocycles. The average molecular weight is 577 g/mol. The minimum absolute atomic E-state index is 0.0673. The van der Waals surface area contributed by atoms with E-state index in [2.05, 4.69) is 0 Å². The maximum absolute atomic E-state index is 14.3. The Morgan fingerprint density at radius 3 is 2.21 bits per heavy atom. The number of carbonyl (C=O) groups excluding carboxylic acids is 2. The van der Waals surface area contributed by atoms with Gasteiger partial charge in [-0.05, 0) is 52.9 Å². The van der Waals surface area contributed by atoms with Gasteiger partial charge in [-0.15, -0.1) is 0 Å². The molecular formula is C20H9F5IN3O4. The number of carbonyl (C=O) groups is 2. The van der Waals surface area contributed by atoms with E-state index in [1.807, 2.05) is 27.9 Å². The van der Waals surface area contributed by atoms with Crippen molar-refractivity contribution in [2.24, 2.45) is 0 Å². The second-order valence-corrected chi connectivity index (χ2v) is 8.00. The van der Waals surface area contributed by atoms with Gasteiger partial charge in [0.1, 0.15) is 5.82 Å². The number of halogens is 6. The molecule has 7 nitrogen and oxygen atoms in total. The predicted molar refractivity (Wildman–Crippen MR) is 112 cm³/mol. The van der Waals surface area contributed by atoms with Crippen LogP contribution < -0.4 is 21.3 Å². The van der Waals surface area contributed by atoms with Crippen molar-refractivity contribution in [2.75, 3.05) is 5.73 Å². The first-order valence-corrected chi connectivity index (χ1v) is 9.91.